The van der Waals surface area contributed by atoms with Crippen LogP contribution >= 0.6 is 0 Å². The largest absolute Gasteiger partial charge is 0.417 e. The average molecular weight is 499 g/mol. The fraction of sp³-hybridized carbons (Fsp3) is 0.545. The van der Waals surface area contributed by atoms with Crippen LogP contribution in [0.15, 0.2) is 24.7 Å². The van der Waals surface area contributed by atoms with Gasteiger partial charge >= 0.3 is 6.18 Å². The van der Waals surface area contributed by atoms with E-state index in [4.69, 9.17) is 5.73 Å². The van der Waals surface area contributed by atoms with Crippen LogP contribution in [-0.4, -0.2) is 64.2 Å². The number of primary amides is 1. The molecule has 1 aliphatic carbocycles. The number of halogens is 5. The average Bonchev–Trinajstić information content (AvgIpc) is 3.63. The van der Waals surface area contributed by atoms with Crippen molar-refractivity contribution >= 4 is 17.5 Å². The quantitative estimate of drug-likeness (QED) is 0.512. The Hall–Kier alpha value is -3.09. The molecule has 0 spiro atoms. The predicted molar refractivity (Wildman–Crippen MR) is 118 cm³/mol. The fourth-order valence-electron chi connectivity index (χ4n) is 4.15. The molecule has 35 heavy (non-hydrogen) atoms. The Balaban J connectivity index is 1.42. The molecule has 1 amide bonds. The number of nitrogens with zero attached hydrogens (tertiary/aromatic N) is 5. The van der Waals surface area contributed by atoms with E-state index in [0.29, 0.717) is 18.7 Å². The van der Waals surface area contributed by atoms with E-state index >= 15 is 4.39 Å². The van der Waals surface area contributed by atoms with Crippen LogP contribution in [0.5, 0.6) is 0 Å². The Morgan fingerprint density at radius 1 is 1.20 bits per heavy atom. The van der Waals surface area contributed by atoms with Crippen LogP contribution in [0, 0.1) is 11.7 Å². The number of aromatic nitrogens is 3. The van der Waals surface area contributed by atoms with Crippen molar-refractivity contribution in [3.8, 4) is 0 Å². The molecule has 0 radical (unpaired) electrons. The minimum Gasteiger partial charge on any atom is -0.369 e. The maximum atomic E-state index is 15.3. The normalized spacial score (nSPS) is 21.1. The number of nitrogens with two attached hydrogens (primary N) is 1. The molecule has 190 valence electrons. The van der Waals surface area contributed by atoms with Gasteiger partial charge in [-0.25, -0.2) is 14.4 Å². The second-order valence-electron chi connectivity index (χ2n) is 8.90. The molecule has 3 heterocycles. The number of amides is 1. The van der Waals surface area contributed by atoms with E-state index in [9.17, 15) is 22.4 Å². The van der Waals surface area contributed by atoms with Gasteiger partial charge in [0.05, 0.1) is 24.3 Å². The Kier molecular flexibility index (Phi) is 7.33. The van der Waals surface area contributed by atoms with Crippen molar-refractivity contribution in [3.63, 3.8) is 0 Å². The maximum absolute atomic E-state index is 15.3. The van der Waals surface area contributed by atoms with Crippen LogP contribution in [0.25, 0.3) is 0 Å². The SMILES string of the molecule is NC(=O)CN1CC[C@@H](CNc2ncnc(N(Cc3ccc(C(F)(F)F)cn3)C3CC3)c2F)[C@@H](F)C1. The molecule has 4 rings (SSSR count). The molecule has 1 saturated heterocycles. The Bertz CT molecular complexity index is 1030. The van der Waals surface area contributed by atoms with Gasteiger partial charge < -0.3 is 16.0 Å². The lowest BCUT2D eigenvalue weighted by molar-refractivity contribution is -0.137. The van der Waals surface area contributed by atoms with Crippen LogP contribution in [-0.2, 0) is 17.5 Å². The number of carbonyl (C=O) groups is 1. The molecule has 2 atom stereocenters. The van der Waals surface area contributed by atoms with Crippen molar-refractivity contribution < 1.29 is 26.7 Å². The van der Waals surface area contributed by atoms with Crippen molar-refractivity contribution in [2.75, 3.05) is 36.4 Å². The summed E-state index contributed by atoms with van der Waals surface area (Å²) in [4.78, 5) is 26.3. The first-order chi connectivity index (χ1) is 16.6. The van der Waals surface area contributed by atoms with Crippen molar-refractivity contribution in [3.05, 3.63) is 41.7 Å². The van der Waals surface area contributed by atoms with Gasteiger partial charge in [-0.2, -0.15) is 17.6 Å². The highest BCUT2D eigenvalue weighted by atomic mass is 19.4. The third-order valence-corrected chi connectivity index (χ3v) is 6.19. The monoisotopic (exact) mass is 499 g/mol. The standard InChI is InChI=1S/C22H26F5N7O/c23-17-10-33(11-18(28)35)6-5-13(17)7-30-20-19(24)21(32-12-31-20)34(16-3-4-16)9-15-2-1-14(8-29-15)22(25,26)27/h1-2,8,12-13,16-17H,3-7,9-11H2,(H2,28,35)(H,30,31,32)/t13-,17-/m0/s1. The van der Waals surface area contributed by atoms with Gasteiger partial charge in [-0.1, -0.05) is 0 Å². The molecule has 8 nitrogen and oxygen atoms in total. The number of carbonyl (C=O) groups excluding carboxylic acids is 1. The Morgan fingerprint density at radius 2 is 1.97 bits per heavy atom. The predicted octanol–water partition coefficient (Wildman–Crippen LogP) is 2.76. The van der Waals surface area contributed by atoms with Crippen molar-refractivity contribution in [1.29, 1.82) is 0 Å². The molecule has 2 aromatic rings. The molecule has 1 aliphatic heterocycles. The van der Waals surface area contributed by atoms with Crippen LogP contribution in [0.1, 0.15) is 30.5 Å². The molecule has 0 aromatic carbocycles. The summed E-state index contributed by atoms with van der Waals surface area (Å²) in [5.41, 5.74) is 4.66. The number of nitrogens with one attached hydrogen (secondary N) is 1. The van der Waals surface area contributed by atoms with Gasteiger partial charge in [-0.3, -0.25) is 14.7 Å². The minimum absolute atomic E-state index is 0.00470. The number of hydrogen-bond acceptors (Lipinski definition) is 7. The third-order valence-electron chi connectivity index (χ3n) is 6.19. The number of anilines is 2. The summed E-state index contributed by atoms with van der Waals surface area (Å²) in [5, 5.41) is 2.87. The molecule has 1 saturated carbocycles. The van der Waals surface area contributed by atoms with Gasteiger partial charge in [0.1, 0.15) is 12.5 Å². The van der Waals surface area contributed by atoms with Gasteiger partial charge in [0.25, 0.3) is 0 Å². The van der Waals surface area contributed by atoms with Gasteiger partial charge in [0.2, 0.25) is 11.7 Å². The van der Waals surface area contributed by atoms with Crippen LogP contribution < -0.4 is 16.0 Å². The Labute approximate surface area is 198 Å². The smallest absolute Gasteiger partial charge is 0.369 e. The van der Waals surface area contributed by atoms with Crippen molar-refractivity contribution in [1.82, 2.24) is 19.9 Å². The van der Waals surface area contributed by atoms with Gasteiger partial charge in [-0.05, 0) is 37.9 Å². The number of rotatable bonds is 9. The van der Waals surface area contributed by atoms with E-state index in [1.807, 2.05) is 0 Å². The van der Waals surface area contributed by atoms with Crippen LogP contribution in [0.3, 0.4) is 0 Å². The van der Waals surface area contributed by atoms with Crippen molar-refractivity contribution in [2.24, 2.45) is 11.7 Å². The lowest BCUT2D eigenvalue weighted by atomic mass is 9.95. The van der Waals surface area contributed by atoms with E-state index in [-0.39, 0.29) is 43.9 Å². The fourth-order valence-corrected chi connectivity index (χ4v) is 4.15. The summed E-state index contributed by atoms with van der Waals surface area (Å²) >= 11 is 0. The molecule has 2 aliphatic rings. The highest BCUT2D eigenvalue weighted by Crippen LogP contribution is 2.35. The molecule has 2 aromatic heterocycles. The first-order valence-electron chi connectivity index (χ1n) is 11.3. The summed E-state index contributed by atoms with van der Waals surface area (Å²) in [6.07, 6.45) is -1.70. The van der Waals surface area contributed by atoms with E-state index in [0.717, 1.165) is 25.1 Å². The number of alkyl halides is 4. The lowest BCUT2D eigenvalue weighted by Gasteiger charge is -2.34. The molecule has 0 bridgehead atoms. The number of pyridine rings is 1. The topological polar surface area (TPSA) is 100 Å². The second kappa shape index (κ2) is 10.3. The summed E-state index contributed by atoms with van der Waals surface area (Å²) in [6.45, 7) is 0.796. The zero-order chi connectivity index (χ0) is 25.2. The summed E-state index contributed by atoms with van der Waals surface area (Å²) in [6, 6.07) is 2.20. The molecule has 3 N–H and O–H groups in total. The zero-order valence-corrected chi connectivity index (χ0v) is 18.8. The van der Waals surface area contributed by atoms with E-state index in [1.165, 1.54) is 12.4 Å². The first-order valence-corrected chi connectivity index (χ1v) is 11.3. The van der Waals surface area contributed by atoms with Crippen molar-refractivity contribution in [2.45, 2.75) is 44.2 Å². The Morgan fingerprint density at radius 3 is 2.57 bits per heavy atom. The molecular weight excluding hydrogens is 473 g/mol. The van der Waals surface area contributed by atoms with Gasteiger partial charge in [0.15, 0.2) is 11.6 Å². The highest BCUT2D eigenvalue weighted by Gasteiger charge is 2.35. The summed E-state index contributed by atoms with van der Waals surface area (Å²) < 4.78 is 68.4. The van der Waals surface area contributed by atoms with E-state index in [2.05, 4.69) is 20.3 Å². The van der Waals surface area contributed by atoms with Crippen LogP contribution in [0.4, 0.5) is 33.6 Å². The van der Waals surface area contributed by atoms with Gasteiger partial charge in [-0.15, -0.1) is 0 Å². The van der Waals surface area contributed by atoms with E-state index < -0.39 is 35.6 Å². The maximum Gasteiger partial charge on any atom is 0.417 e. The second-order valence-corrected chi connectivity index (χ2v) is 8.90. The van der Waals surface area contributed by atoms with Crippen LogP contribution in [0.2, 0.25) is 0 Å². The lowest BCUT2D eigenvalue weighted by Crippen LogP contribution is -2.46. The van der Waals surface area contributed by atoms with E-state index in [1.54, 1.807) is 9.80 Å². The highest BCUT2D eigenvalue weighted by molar-refractivity contribution is 5.75. The zero-order valence-electron chi connectivity index (χ0n) is 18.8. The number of piperidine rings is 1. The summed E-state index contributed by atoms with van der Waals surface area (Å²) in [5.74, 6) is -1.69. The minimum atomic E-state index is -4.49. The summed E-state index contributed by atoms with van der Waals surface area (Å²) in [7, 11) is 0. The molecular formula is C22H26F5N7O. The molecule has 2 fully saturated rings. The van der Waals surface area contributed by atoms with Gasteiger partial charge in [0, 0.05) is 31.2 Å². The molecule has 13 heteroatoms. The third kappa shape index (κ3) is 6.32. The first kappa shape index (κ1) is 25.0. The molecule has 0 unspecified atom stereocenters. The number of hydrogen-bond donors (Lipinski definition) is 2. The number of likely N-dealkylation sites (tertiary alicyclic amines) is 1.